The molecule has 0 heterocycles. The van der Waals surface area contributed by atoms with E-state index in [9.17, 15) is 14.9 Å². The molecule has 1 amide bonds. The number of rotatable bonds is 5. The molecule has 0 spiro atoms. The zero-order valence-corrected chi connectivity index (χ0v) is 13.2. The fourth-order valence-corrected chi connectivity index (χ4v) is 2.03. The second-order valence-corrected chi connectivity index (χ2v) is 5.27. The summed E-state index contributed by atoms with van der Waals surface area (Å²) < 4.78 is 5.65. The molecule has 0 fully saturated rings. The van der Waals surface area contributed by atoms with Gasteiger partial charge in [-0.05, 0) is 38.0 Å². The summed E-state index contributed by atoms with van der Waals surface area (Å²) in [4.78, 5) is 22.6. The number of anilines is 1. The van der Waals surface area contributed by atoms with Gasteiger partial charge in [-0.15, -0.1) is 0 Å². The van der Waals surface area contributed by atoms with Gasteiger partial charge in [0.25, 0.3) is 11.6 Å². The van der Waals surface area contributed by atoms with Crippen molar-refractivity contribution in [1.82, 2.24) is 0 Å². The summed E-state index contributed by atoms with van der Waals surface area (Å²) in [6.45, 7) is 5.30. The smallest absolute Gasteiger partial charge is 0.271 e. The number of aryl methyl sites for hydroxylation is 2. The summed E-state index contributed by atoms with van der Waals surface area (Å²) in [5.41, 5.74) is 2.01. The van der Waals surface area contributed by atoms with E-state index in [1.54, 1.807) is 26.0 Å². The van der Waals surface area contributed by atoms with E-state index in [0.717, 1.165) is 11.1 Å². The van der Waals surface area contributed by atoms with Gasteiger partial charge >= 0.3 is 0 Å². The van der Waals surface area contributed by atoms with Crippen molar-refractivity contribution in [3.8, 4) is 5.75 Å². The first-order chi connectivity index (χ1) is 10.9. The summed E-state index contributed by atoms with van der Waals surface area (Å²) in [7, 11) is 0. The molecular weight excluding hydrogens is 296 g/mol. The molecule has 0 saturated carbocycles. The number of carbonyl (C=O) groups is 1. The van der Waals surface area contributed by atoms with Gasteiger partial charge in [0, 0.05) is 12.1 Å². The Bertz CT molecular complexity index is 743. The van der Waals surface area contributed by atoms with Crippen molar-refractivity contribution in [2.24, 2.45) is 0 Å². The SMILES string of the molecule is Cc1ccc([N+](=O)[O-])cc1NC(=O)[C@H](C)Oc1ccccc1C. The highest BCUT2D eigenvalue weighted by Gasteiger charge is 2.18. The van der Waals surface area contributed by atoms with Gasteiger partial charge in [-0.1, -0.05) is 24.3 Å². The lowest BCUT2D eigenvalue weighted by atomic mass is 10.1. The Balaban J connectivity index is 2.11. The van der Waals surface area contributed by atoms with Crippen LogP contribution in [0.2, 0.25) is 0 Å². The fraction of sp³-hybridized carbons (Fsp3) is 0.235. The molecule has 2 aromatic rings. The topological polar surface area (TPSA) is 81.5 Å². The predicted molar refractivity (Wildman–Crippen MR) is 87.7 cm³/mol. The maximum atomic E-state index is 12.3. The summed E-state index contributed by atoms with van der Waals surface area (Å²) in [6.07, 6.45) is -0.727. The quantitative estimate of drug-likeness (QED) is 0.675. The Hall–Kier alpha value is -2.89. The number of nitro groups is 1. The van der Waals surface area contributed by atoms with E-state index >= 15 is 0 Å². The third-order valence-electron chi connectivity index (χ3n) is 3.46. The number of amides is 1. The molecule has 0 aliphatic rings. The van der Waals surface area contributed by atoms with Gasteiger partial charge in [0.2, 0.25) is 0 Å². The molecule has 6 heteroatoms. The van der Waals surface area contributed by atoms with Crippen LogP contribution in [-0.4, -0.2) is 16.9 Å². The maximum absolute atomic E-state index is 12.3. The van der Waals surface area contributed by atoms with E-state index in [1.807, 2.05) is 25.1 Å². The summed E-state index contributed by atoms with van der Waals surface area (Å²) in [5, 5.41) is 13.5. The highest BCUT2D eigenvalue weighted by molar-refractivity contribution is 5.95. The number of nitrogens with one attached hydrogen (secondary N) is 1. The monoisotopic (exact) mass is 314 g/mol. The number of carbonyl (C=O) groups excluding carboxylic acids is 1. The van der Waals surface area contributed by atoms with Crippen molar-refractivity contribution in [2.45, 2.75) is 26.9 Å². The number of nitro benzene ring substituents is 1. The van der Waals surface area contributed by atoms with Gasteiger partial charge in [-0.25, -0.2) is 0 Å². The number of benzene rings is 2. The third-order valence-corrected chi connectivity index (χ3v) is 3.46. The average molecular weight is 314 g/mol. The van der Waals surface area contributed by atoms with Crippen molar-refractivity contribution in [1.29, 1.82) is 0 Å². The lowest BCUT2D eigenvalue weighted by molar-refractivity contribution is -0.384. The molecule has 2 rings (SSSR count). The van der Waals surface area contributed by atoms with Crippen molar-refractivity contribution >= 4 is 17.3 Å². The third kappa shape index (κ3) is 4.06. The van der Waals surface area contributed by atoms with Crippen LogP contribution >= 0.6 is 0 Å². The van der Waals surface area contributed by atoms with Gasteiger partial charge in [-0.2, -0.15) is 0 Å². The van der Waals surface area contributed by atoms with Crippen LogP contribution in [0.3, 0.4) is 0 Å². The molecule has 0 saturated heterocycles. The highest BCUT2D eigenvalue weighted by Crippen LogP contribution is 2.23. The molecule has 2 aromatic carbocycles. The van der Waals surface area contributed by atoms with Gasteiger partial charge in [0.05, 0.1) is 10.6 Å². The van der Waals surface area contributed by atoms with E-state index < -0.39 is 11.0 Å². The minimum atomic E-state index is -0.727. The Morgan fingerprint density at radius 1 is 1.17 bits per heavy atom. The molecule has 0 aliphatic heterocycles. The minimum Gasteiger partial charge on any atom is -0.481 e. The lowest BCUT2D eigenvalue weighted by Gasteiger charge is -2.17. The van der Waals surface area contributed by atoms with Gasteiger partial charge in [-0.3, -0.25) is 14.9 Å². The second kappa shape index (κ2) is 6.91. The van der Waals surface area contributed by atoms with E-state index in [1.165, 1.54) is 12.1 Å². The average Bonchev–Trinajstić information content (AvgIpc) is 2.51. The largest absolute Gasteiger partial charge is 0.481 e. The van der Waals surface area contributed by atoms with E-state index in [2.05, 4.69) is 5.32 Å². The van der Waals surface area contributed by atoms with E-state index in [0.29, 0.717) is 11.4 Å². The van der Waals surface area contributed by atoms with E-state index in [-0.39, 0.29) is 11.6 Å². The molecule has 6 nitrogen and oxygen atoms in total. The number of para-hydroxylation sites is 1. The molecular formula is C17H18N2O4. The van der Waals surface area contributed by atoms with Crippen LogP contribution in [0.15, 0.2) is 42.5 Å². The zero-order valence-electron chi connectivity index (χ0n) is 13.2. The number of hydrogen-bond acceptors (Lipinski definition) is 4. The van der Waals surface area contributed by atoms with Crippen LogP contribution in [0.5, 0.6) is 5.75 Å². The molecule has 0 unspecified atom stereocenters. The van der Waals surface area contributed by atoms with Gasteiger partial charge in [0.1, 0.15) is 5.75 Å². The Labute approximate surface area is 134 Å². The number of hydrogen-bond donors (Lipinski definition) is 1. The standard InChI is InChI=1S/C17H18N2O4/c1-11-8-9-14(19(21)22)10-15(11)18-17(20)13(3)23-16-7-5-4-6-12(16)2/h4-10,13H,1-3H3,(H,18,20)/t13-/m0/s1. The first kappa shape index (κ1) is 16.5. The van der Waals surface area contributed by atoms with Crippen LogP contribution < -0.4 is 10.1 Å². The first-order valence-corrected chi connectivity index (χ1v) is 7.16. The molecule has 1 N–H and O–H groups in total. The molecule has 0 aromatic heterocycles. The Morgan fingerprint density at radius 3 is 2.52 bits per heavy atom. The summed E-state index contributed by atoms with van der Waals surface area (Å²) >= 11 is 0. The van der Waals surface area contributed by atoms with Crippen LogP contribution in [0.1, 0.15) is 18.1 Å². The van der Waals surface area contributed by atoms with Gasteiger partial charge < -0.3 is 10.1 Å². The van der Waals surface area contributed by atoms with E-state index in [4.69, 9.17) is 4.74 Å². The zero-order chi connectivity index (χ0) is 17.0. The normalized spacial score (nSPS) is 11.6. The minimum absolute atomic E-state index is 0.0709. The molecule has 120 valence electrons. The lowest BCUT2D eigenvalue weighted by Crippen LogP contribution is -2.30. The molecule has 0 radical (unpaired) electrons. The van der Waals surface area contributed by atoms with Crippen LogP contribution in [0, 0.1) is 24.0 Å². The molecule has 0 aliphatic carbocycles. The van der Waals surface area contributed by atoms with Crippen LogP contribution in [-0.2, 0) is 4.79 Å². The summed E-state index contributed by atoms with van der Waals surface area (Å²) in [6, 6.07) is 11.7. The maximum Gasteiger partial charge on any atom is 0.271 e. The Kier molecular flexibility index (Phi) is 4.95. The van der Waals surface area contributed by atoms with Crippen molar-refractivity contribution < 1.29 is 14.5 Å². The predicted octanol–water partition coefficient (Wildman–Crippen LogP) is 3.62. The van der Waals surface area contributed by atoms with Crippen molar-refractivity contribution in [3.05, 3.63) is 63.7 Å². The highest BCUT2D eigenvalue weighted by atomic mass is 16.6. The molecule has 1 atom stereocenters. The summed E-state index contributed by atoms with van der Waals surface area (Å²) in [5.74, 6) is 0.266. The van der Waals surface area contributed by atoms with Crippen molar-refractivity contribution in [2.75, 3.05) is 5.32 Å². The van der Waals surface area contributed by atoms with Crippen molar-refractivity contribution in [3.63, 3.8) is 0 Å². The number of ether oxygens (including phenoxy) is 1. The number of nitrogens with zero attached hydrogens (tertiary/aromatic N) is 1. The van der Waals surface area contributed by atoms with Crippen LogP contribution in [0.25, 0.3) is 0 Å². The fourth-order valence-electron chi connectivity index (χ4n) is 2.03. The Morgan fingerprint density at radius 2 is 1.87 bits per heavy atom. The first-order valence-electron chi connectivity index (χ1n) is 7.16. The van der Waals surface area contributed by atoms with Crippen LogP contribution in [0.4, 0.5) is 11.4 Å². The van der Waals surface area contributed by atoms with Gasteiger partial charge in [0.15, 0.2) is 6.10 Å². The molecule has 0 bridgehead atoms. The molecule has 23 heavy (non-hydrogen) atoms. The number of non-ortho nitro benzene ring substituents is 1. The second-order valence-electron chi connectivity index (χ2n) is 5.27.